The van der Waals surface area contributed by atoms with Gasteiger partial charge in [0.25, 0.3) is 0 Å². The molecule has 0 aromatic carbocycles. The van der Waals surface area contributed by atoms with Crippen LogP contribution in [0, 0.1) is 0 Å². The van der Waals surface area contributed by atoms with Gasteiger partial charge in [-0.1, -0.05) is 71.6 Å². The zero-order valence-corrected chi connectivity index (χ0v) is 16.7. The Labute approximate surface area is 149 Å². The van der Waals surface area contributed by atoms with E-state index in [1.807, 2.05) is 18.9 Å². The minimum Gasteiger partial charge on any atom is -0.381 e. The standard InChI is InChI=1S/C20H40O2S/c1-4-6-8-9-10-12-14-20(15-17-21)23-18-16-19(22-3)13-11-7-5-2/h17,19-20H,4-16,18H2,1-3H3. The molecule has 0 aliphatic carbocycles. The number of hydrogen-bond donors (Lipinski definition) is 0. The van der Waals surface area contributed by atoms with Gasteiger partial charge in [-0.15, -0.1) is 0 Å². The molecular formula is C20H40O2S. The summed E-state index contributed by atoms with van der Waals surface area (Å²) in [4.78, 5) is 10.9. The number of aldehydes is 1. The maximum atomic E-state index is 10.9. The van der Waals surface area contributed by atoms with E-state index in [0.717, 1.165) is 18.5 Å². The minimum absolute atomic E-state index is 0.403. The van der Waals surface area contributed by atoms with Crippen LogP contribution in [0.25, 0.3) is 0 Å². The number of carbonyl (C=O) groups excluding carboxylic acids is 1. The molecule has 0 aliphatic heterocycles. The lowest BCUT2D eigenvalue weighted by atomic mass is 10.1. The van der Waals surface area contributed by atoms with Crippen LogP contribution in [-0.2, 0) is 9.53 Å². The molecule has 0 saturated carbocycles. The Bertz CT molecular complexity index is 246. The van der Waals surface area contributed by atoms with E-state index in [9.17, 15) is 4.79 Å². The zero-order chi connectivity index (χ0) is 17.2. The van der Waals surface area contributed by atoms with Crippen LogP contribution < -0.4 is 0 Å². The molecule has 0 amide bonds. The average Bonchev–Trinajstić information content (AvgIpc) is 2.56. The molecule has 2 unspecified atom stereocenters. The molecule has 3 heteroatoms. The molecule has 0 bridgehead atoms. The molecule has 0 aromatic rings. The van der Waals surface area contributed by atoms with E-state index in [-0.39, 0.29) is 0 Å². The molecule has 0 heterocycles. The van der Waals surface area contributed by atoms with Crippen molar-refractivity contribution < 1.29 is 9.53 Å². The van der Waals surface area contributed by atoms with Crippen molar-refractivity contribution in [3.8, 4) is 0 Å². The first-order valence-corrected chi connectivity index (χ1v) is 10.9. The van der Waals surface area contributed by atoms with Crippen LogP contribution in [0.5, 0.6) is 0 Å². The summed E-state index contributed by atoms with van der Waals surface area (Å²) in [6.45, 7) is 4.50. The lowest BCUT2D eigenvalue weighted by Crippen LogP contribution is -2.13. The summed E-state index contributed by atoms with van der Waals surface area (Å²) in [5.41, 5.74) is 0. The highest BCUT2D eigenvalue weighted by molar-refractivity contribution is 7.99. The summed E-state index contributed by atoms with van der Waals surface area (Å²) in [7, 11) is 1.83. The second-order valence-electron chi connectivity index (χ2n) is 6.59. The van der Waals surface area contributed by atoms with Gasteiger partial charge in [0.2, 0.25) is 0 Å². The van der Waals surface area contributed by atoms with E-state index >= 15 is 0 Å². The zero-order valence-electron chi connectivity index (χ0n) is 15.9. The first-order valence-electron chi connectivity index (χ1n) is 9.86. The van der Waals surface area contributed by atoms with Gasteiger partial charge >= 0.3 is 0 Å². The summed E-state index contributed by atoms with van der Waals surface area (Å²) in [6, 6.07) is 0. The van der Waals surface area contributed by atoms with Gasteiger partial charge in [0.05, 0.1) is 6.10 Å². The molecule has 0 N–H and O–H groups in total. The van der Waals surface area contributed by atoms with Crippen molar-refractivity contribution in [2.24, 2.45) is 0 Å². The molecule has 0 saturated heterocycles. The highest BCUT2D eigenvalue weighted by Crippen LogP contribution is 2.23. The Morgan fingerprint density at radius 3 is 2.13 bits per heavy atom. The van der Waals surface area contributed by atoms with Crippen LogP contribution in [0.2, 0.25) is 0 Å². The normalized spacial score (nSPS) is 13.9. The summed E-state index contributed by atoms with van der Waals surface area (Å²) in [5, 5.41) is 0.520. The summed E-state index contributed by atoms with van der Waals surface area (Å²) in [5.74, 6) is 1.12. The second kappa shape index (κ2) is 18.3. The maximum Gasteiger partial charge on any atom is 0.121 e. The minimum atomic E-state index is 0.403. The largest absolute Gasteiger partial charge is 0.381 e. The summed E-state index contributed by atoms with van der Waals surface area (Å²) >= 11 is 1.99. The molecule has 0 spiro atoms. The molecule has 0 aliphatic rings. The van der Waals surface area contributed by atoms with Crippen LogP contribution >= 0.6 is 11.8 Å². The second-order valence-corrected chi connectivity index (χ2v) is 8.00. The predicted molar refractivity (Wildman–Crippen MR) is 104 cm³/mol. The van der Waals surface area contributed by atoms with Crippen molar-refractivity contribution >= 4 is 18.0 Å². The Hall–Kier alpha value is -0.0200. The first kappa shape index (κ1) is 23.0. The van der Waals surface area contributed by atoms with Crippen LogP contribution in [0.3, 0.4) is 0 Å². The Balaban J connectivity index is 3.77. The number of hydrogen-bond acceptors (Lipinski definition) is 3. The molecule has 23 heavy (non-hydrogen) atoms. The van der Waals surface area contributed by atoms with Crippen LogP contribution in [0.4, 0.5) is 0 Å². The van der Waals surface area contributed by atoms with E-state index < -0.39 is 0 Å². The van der Waals surface area contributed by atoms with Crippen LogP contribution in [-0.4, -0.2) is 30.5 Å². The number of unbranched alkanes of at least 4 members (excludes halogenated alkanes) is 7. The van der Waals surface area contributed by atoms with E-state index in [2.05, 4.69) is 13.8 Å². The van der Waals surface area contributed by atoms with Gasteiger partial charge in [-0.2, -0.15) is 11.8 Å². The Kier molecular flexibility index (Phi) is 18.3. The number of methoxy groups -OCH3 is 1. The summed E-state index contributed by atoms with van der Waals surface area (Å²) < 4.78 is 5.59. The highest BCUT2D eigenvalue weighted by Gasteiger charge is 2.12. The molecule has 138 valence electrons. The average molecular weight is 345 g/mol. The molecule has 2 nitrogen and oxygen atoms in total. The van der Waals surface area contributed by atoms with Crippen molar-refractivity contribution in [2.45, 2.75) is 109 Å². The molecule has 2 atom stereocenters. The van der Waals surface area contributed by atoms with Gasteiger partial charge < -0.3 is 9.53 Å². The fourth-order valence-electron chi connectivity index (χ4n) is 2.90. The van der Waals surface area contributed by atoms with Crippen molar-refractivity contribution in [3.63, 3.8) is 0 Å². The van der Waals surface area contributed by atoms with E-state index in [1.54, 1.807) is 0 Å². The van der Waals surface area contributed by atoms with Crippen LogP contribution in [0.15, 0.2) is 0 Å². The third-order valence-electron chi connectivity index (χ3n) is 4.50. The van der Waals surface area contributed by atoms with Gasteiger partial charge in [0, 0.05) is 18.8 Å². The number of ether oxygens (including phenoxy) is 1. The monoisotopic (exact) mass is 344 g/mol. The van der Waals surface area contributed by atoms with E-state index in [0.29, 0.717) is 17.8 Å². The van der Waals surface area contributed by atoms with E-state index in [1.165, 1.54) is 70.6 Å². The quantitative estimate of drug-likeness (QED) is 0.212. The smallest absolute Gasteiger partial charge is 0.121 e. The topological polar surface area (TPSA) is 26.3 Å². The van der Waals surface area contributed by atoms with Gasteiger partial charge in [-0.05, 0) is 25.0 Å². The fraction of sp³-hybridized carbons (Fsp3) is 0.950. The fourth-order valence-corrected chi connectivity index (χ4v) is 4.18. The van der Waals surface area contributed by atoms with Crippen LogP contribution in [0.1, 0.15) is 97.3 Å². The molecule has 0 rings (SSSR count). The lowest BCUT2D eigenvalue weighted by Gasteiger charge is -2.18. The van der Waals surface area contributed by atoms with Gasteiger partial charge in [-0.3, -0.25) is 0 Å². The van der Waals surface area contributed by atoms with Crippen molar-refractivity contribution in [1.29, 1.82) is 0 Å². The van der Waals surface area contributed by atoms with Gasteiger partial charge in [0.1, 0.15) is 6.29 Å². The highest BCUT2D eigenvalue weighted by atomic mass is 32.2. The third kappa shape index (κ3) is 15.3. The maximum absolute atomic E-state index is 10.9. The Morgan fingerprint density at radius 2 is 1.48 bits per heavy atom. The van der Waals surface area contributed by atoms with Crippen molar-refractivity contribution in [3.05, 3.63) is 0 Å². The van der Waals surface area contributed by atoms with Gasteiger partial charge in [-0.25, -0.2) is 0 Å². The number of carbonyl (C=O) groups is 1. The third-order valence-corrected chi connectivity index (χ3v) is 5.87. The van der Waals surface area contributed by atoms with Crippen molar-refractivity contribution in [2.75, 3.05) is 12.9 Å². The van der Waals surface area contributed by atoms with Crippen molar-refractivity contribution in [1.82, 2.24) is 0 Å². The predicted octanol–water partition coefficient (Wildman–Crippen LogP) is 6.41. The Morgan fingerprint density at radius 1 is 0.870 bits per heavy atom. The summed E-state index contributed by atoms with van der Waals surface area (Å²) in [6.07, 6.45) is 17.6. The molecule has 0 fully saturated rings. The SMILES string of the molecule is CCCCCCCCC(CC=O)SCCC(CCCCC)OC. The molecular weight excluding hydrogens is 304 g/mol. The van der Waals surface area contributed by atoms with Gasteiger partial charge in [0.15, 0.2) is 0 Å². The first-order chi connectivity index (χ1) is 11.3. The number of rotatable bonds is 18. The van der Waals surface area contributed by atoms with E-state index in [4.69, 9.17) is 4.74 Å². The molecule has 0 aromatic heterocycles. The number of thioether (sulfide) groups is 1. The lowest BCUT2D eigenvalue weighted by molar-refractivity contribution is -0.107. The molecule has 0 radical (unpaired) electrons.